The lowest BCUT2D eigenvalue weighted by atomic mass is 10.1. The average Bonchev–Trinajstić information content (AvgIpc) is 3.04. The van der Waals surface area contributed by atoms with Crippen LogP contribution in [0.3, 0.4) is 0 Å². The first-order valence-corrected chi connectivity index (χ1v) is 8.82. The fraction of sp³-hybridized carbons (Fsp3) is 0.444. The molecule has 138 valence electrons. The zero-order valence-electron chi connectivity index (χ0n) is 15.5. The Kier molecular flexibility index (Phi) is 5.32. The number of aliphatic hydroxyl groups is 1. The summed E-state index contributed by atoms with van der Waals surface area (Å²) in [5.41, 5.74) is 2.16. The highest BCUT2D eigenvalue weighted by molar-refractivity contribution is 5.86. The Labute approximate surface area is 152 Å². The van der Waals surface area contributed by atoms with Crippen molar-refractivity contribution >= 4 is 28.6 Å². The highest BCUT2D eigenvalue weighted by Crippen LogP contribution is 2.25. The first-order valence-electron chi connectivity index (χ1n) is 8.82. The molecule has 3 aromatic rings. The van der Waals surface area contributed by atoms with E-state index in [0.717, 1.165) is 5.69 Å². The van der Waals surface area contributed by atoms with Gasteiger partial charge in [-0.05, 0) is 31.9 Å². The molecule has 0 radical (unpaired) electrons. The summed E-state index contributed by atoms with van der Waals surface area (Å²) in [5.74, 6) is 1.25. The van der Waals surface area contributed by atoms with E-state index >= 15 is 0 Å². The number of nitrogens with zero attached hydrogens (tertiary/aromatic N) is 5. The van der Waals surface area contributed by atoms with Crippen LogP contribution in [0, 0.1) is 5.92 Å². The van der Waals surface area contributed by atoms with Crippen molar-refractivity contribution in [2.45, 2.75) is 39.8 Å². The van der Waals surface area contributed by atoms with Gasteiger partial charge in [0, 0.05) is 5.69 Å². The second kappa shape index (κ2) is 7.65. The Morgan fingerprint density at radius 1 is 1.08 bits per heavy atom. The molecule has 0 amide bonds. The lowest BCUT2D eigenvalue weighted by molar-refractivity contribution is 0.248. The number of rotatable bonds is 7. The van der Waals surface area contributed by atoms with E-state index in [4.69, 9.17) is 0 Å². The lowest BCUT2D eigenvalue weighted by Crippen LogP contribution is -2.30. The summed E-state index contributed by atoms with van der Waals surface area (Å²) < 4.78 is 1.77. The summed E-state index contributed by atoms with van der Waals surface area (Å²) in [6, 6.07) is 9.75. The smallest absolute Gasteiger partial charge is 0.227 e. The average molecular weight is 355 g/mol. The van der Waals surface area contributed by atoms with Gasteiger partial charge in [0.25, 0.3) is 0 Å². The van der Waals surface area contributed by atoms with Crippen molar-refractivity contribution in [3.05, 3.63) is 30.3 Å². The topological polar surface area (TPSA) is 101 Å². The number of fused-ring (bicyclic) bond motifs is 1. The second-order valence-electron chi connectivity index (χ2n) is 6.86. The summed E-state index contributed by atoms with van der Waals surface area (Å²) >= 11 is 0. The Balaban J connectivity index is 2.06. The molecule has 0 aliphatic rings. The van der Waals surface area contributed by atoms with Crippen LogP contribution in [0.1, 0.15) is 33.7 Å². The number of benzene rings is 1. The Hall–Kier alpha value is -2.74. The van der Waals surface area contributed by atoms with Crippen LogP contribution in [0.4, 0.5) is 17.5 Å². The molecule has 0 saturated carbocycles. The summed E-state index contributed by atoms with van der Waals surface area (Å²) in [6.45, 7) is 8.13. The van der Waals surface area contributed by atoms with Crippen molar-refractivity contribution < 1.29 is 5.11 Å². The third-order valence-electron chi connectivity index (χ3n) is 4.17. The number of aliphatic hydroxyl groups excluding tert-OH is 1. The van der Waals surface area contributed by atoms with Crippen LogP contribution in [0.5, 0.6) is 0 Å². The number of para-hydroxylation sites is 1. The molecule has 0 fully saturated rings. The second-order valence-corrected chi connectivity index (χ2v) is 6.86. The largest absolute Gasteiger partial charge is 0.394 e. The fourth-order valence-corrected chi connectivity index (χ4v) is 2.58. The van der Waals surface area contributed by atoms with Crippen LogP contribution in [-0.4, -0.2) is 42.7 Å². The van der Waals surface area contributed by atoms with E-state index in [0.29, 0.717) is 22.9 Å². The van der Waals surface area contributed by atoms with E-state index < -0.39 is 0 Å². The molecule has 0 saturated heterocycles. The summed E-state index contributed by atoms with van der Waals surface area (Å²) in [5, 5.41) is 24.6. The first kappa shape index (κ1) is 18.1. The number of nitrogens with one attached hydrogen (secondary N) is 2. The van der Waals surface area contributed by atoms with Crippen molar-refractivity contribution in [3.63, 3.8) is 0 Å². The predicted octanol–water partition coefficient (Wildman–Crippen LogP) is 2.97. The number of aromatic nitrogens is 5. The molecular formula is C18H25N7O. The van der Waals surface area contributed by atoms with Gasteiger partial charge in [-0.2, -0.15) is 9.97 Å². The highest BCUT2D eigenvalue weighted by Gasteiger charge is 2.19. The maximum atomic E-state index is 9.61. The predicted molar refractivity (Wildman–Crippen MR) is 103 cm³/mol. The number of hydrogen-bond acceptors (Lipinski definition) is 7. The van der Waals surface area contributed by atoms with E-state index in [1.807, 2.05) is 58.0 Å². The van der Waals surface area contributed by atoms with Gasteiger partial charge in [-0.15, -0.1) is 5.10 Å². The van der Waals surface area contributed by atoms with Gasteiger partial charge < -0.3 is 15.7 Å². The summed E-state index contributed by atoms with van der Waals surface area (Å²) in [6.07, 6.45) is 0. The van der Waals surface area contributed by atoms with Crippen LogP contribution >= 0.6 is 0 Å². The molecule has 26 heavy (non-hydrogen) atoms. The maximum Gasteiger partial charge on any atom is 0.227 e. The van der Waals surface area contributed by atoms with Gasteiger partial charge in [0.05, 0.1) is 18.7 Å². The molecule has 3 rings (SSSR count). The van der Waals surface area contributed by atoms with Crippen LogP contribution < -0.4 is 10.6 Å². The Bertz CT molecular complexity index is 861. The molecule has 2 aromatic heterocycles. The summed E-state index contributed by atoms with van der Waals surface area (Å²) in [4.78, 5) is 9.17. The van der Waals surface area contributed by atoms with Crippen LogP contribution in [-0.2, 0) is 0 Å². The zero-order chi connectivity index (χ0) is 18.7. The van der Waals surface area contributed by atoms with Crippen molar-refractivity contribution in [3.8, 4) is 0 Å². The van der Waals surface area contributed by atoms with Crippen LogP contribution in [0.15, 0.2) is 30.3 Å². The van der Waals surface area contributed by atoms with Gasteiger partial charge in [0.15, 0.2) is 17.0 Å². The highest BCUT2D eigenvalue weighted by atomic mass is 16.3. The van der Waals surface area contributed by atoms with Crippen molar-refractivity contribution in [2.75, 3.05) is 17.2 Å². The van der Waals surface area contributed by atoms with E-state index in [1.165, 1.54) is 0 Å². The monoisotopic (exact) mass is 355 g/mol. The molecule has 1 aromatic carbocycles. The van der Waals surface area contributed by atoms with Crippen molar-refractivity contribution in [1.82, 2.24) is 25.0 Å². The van der Waals surface area contributed by atoms with Gasteiger partial charge in [0.1, 0.15) is 0 Å². The minimum absolute atomic E-state index is 0.00219. The van der Waals surface area contributed by atoms with Crippen molar-refractivity contribution in [1.29, 1.82) is 0 Å². The van der Waals surface area contributed by atoms with E-state index in [-0.39, 0.29) is 24.6 Å². The SMILES string of the molecule is CC(C)C(CO)Nc1nc(Nc2ccccc2)c2nnn(C(C)C)c2n1. The molecule has 0 spiro atoms. The van der Waals surface area contributed by atoms with Gasteiger partial charge in [0.2, 0.25) is 5.95 Å². The fourth-order valence-electron chi connectivity index (χ4n) is 2.58. The van der Waals surface area contributed by atoms with Crippen LogP contribution in [0.2, 0.25) is 0 Å². The molecule has 8 nitrogen and oxygen atoms in total. The molecule has 0 bridgehead atoms. The van der Waals surface area contributed by atoms with Gasteiger partial charge in [-0.25, -0.2) is 4.68 Å². The number of hydrogen-bond donors (Lipinski definition) is 3. The third-order valence-corrected chi connectivity index (χ3v) is 4.17. The van der Waals surface area contributed by atoms with E-state index in [1.54, 1.807) is 4.68 Å². The summed E-state index contributed by atoms with van der Waals surface area (Å²) in [7, 11) is 0. The van der Waals surface area contributed by atoms with Gasteiger partial charge in [-0.1, -0.05) is 37.3 Å². The molecule has 3 N–H and O–H groups in total. The molecule has 1 unspecified atom stereocenters. The van der Waals surface area contributed by atoms with Crippen molar-refractivity contribution in [2.24, 2.45) is 5.92 Å². The van der Waals surface area contributed by atoms with E-state index in [2.05, 4.69) is 30.9 Å². The molecule has 8 heteroatoms. The Morgan fingerprint density at radius 2 is 1.81 bits per heavy atom. The van der Waals surface area contributed by atoms with E-state index in [9.17, 15) is 5.11 Å². The first-order chi connectivity index (χ1) is 12.5. The maximum absolute atomic E-state index is 9.61. The minimum Gasteiger partial charge on any atom is -0.394 e. The Morgan fingerprint density at radius 3 is 2.42 bits per heavy atom. The molecule has 1 atom stereocenters. The zero-order valence-corrected chi connectivity index (χ0v) is 15.5. The quantitative estimate of drug-likeness (QED) is 0.599. The van der Waals surface area contributed by atoms with Gasteiger partial charge >= 0.3 is 0 Å². The molecular weight excluding hydrogens is 330 g/mol. The standard InChI is InChI=1S/C18H25N7O/c1-11(2)14(10-26)20-18-21-16(19-13-8-6-5-7-9-13)15-17(22-18)25(12(3)4)24-23-15/h5-9,11-12,14,26H,10H2,1-4H3,(H2,19,20,21,22). The molecule has 0 aliphatic carbocycles. The third kappa shape index (κ3) is 3.75. The molecule has 2 heterocycles. The lowest BCUT2D eigenvalue weighted by Gasteiger charge is -2.20. The normalized spacial score (nSPS) is 12.7. The molecule has 0 aliphatic heterocycles. The van der Waals surface area contributed by atoms with Gasteiger partial charge in [-0.3, -0.25) is 0 Å². The van der Waals surface area contributed by atoms with Crippen LogP contribution in [0.25, 0.3) is 11.2 Å². The minimum atomic E-state index is -0.139. The number of anilines is 3.